The SMILES string of the molecule is [C-]#[N+]c1ccc(N(c2ccc([Si](C)(C)C)cc2)c2ccc3ccc4c(N(c5ccc([Si](C)(C)C)cc5)c5ccc(C#N)cc5-c5ccccc5)ccc5ccc2c3c54)c(-c2ccccc2)c1. The van der Waals surface area contributed by atoms with E-state index in [2.05, 4.69) is 218 Å². The van der Waals surface area contributed by atoms with Crippen LogP contribution in [-0.2, 0) is 0 Å². The summed E-state index contributed by atoms with van der Waals surface area (Å²) in [5.41, 5.74) is 11.6. The zero-order valence-corrected chi connectivity index (χ0v) is 40.3. The van der Waals surface area contributed by atoms with Gasteiger partial charge in [0.25, 0.3) is 0 Å². The third-order valence-corrected chi connectivity index (χ3v) is 17.1. The van der Waals surface area contributed by atoms with E-state index in [0.29, 0.717) is 11.3 Å². The van der Waals surface area contributed by atoms with Crippen molar-refractivity contribution in [3.05, 3.63) is 211 Å². The fraction of sp³-hybridized carbons (Fsp3) is 0.100. The highest BCUT2D eigenvalue weighted by Crippen LogP contribution is 2.50. The molecule has 0 atom stereocenters. The van der Waals surface area contributed by atoms with Crippen LogP contribution in [0.3, 0.4) is 0 Å². The van der Waals surface area contributed by atoms with Crippen molar-refractivity contribution in [1.29, 1.82) is 5.26 Å². The van der Waals surface area contributed by atoms with Crippen molar-refractivity contribution in [2.75, 3.05) is 9.80 Å². The molecule has 0 saturated carbocycles. The smallest absolute Gasteiger partial charge is 0.188 e. The zero-order valence-electron chi connectivity index (χ0n) is 38.3. The molecule has 0 radical (unpaired) electrons. The van der Waals surface area contributed by atoms with E-state index in [9.17, 15) is 5.26 Å². The van der Waals surface area contributed by atoms with Gasteiger partial charge in [-0.2, -0.15) is 5.26 Å². The molecule has 0 aromatic heterocycles. The van der Waals surface area contributed by atoms with Gasteiger partial charge in [-0.3, -0.25) is 0 Å². The van der Waals surface area contributed by atoms with Crippen LogP contribution in [0.4, 0.5) is 39.8 Å². The predicted molar refractivity (Wildman–Crippen MR) is 287 cm³/mol. The molecule has 0 aliphatic carbocycles. The van der Waals surface area contributed by atoms with Gasteiger partial charge < -0.3 is 9.80 Å². The third-order valence-electron chi connectivity index (χ3n) is 13.0. The molecule has 0 N–H and O–H groups in total. The highest BCUT2D eigenvalue weighted by atomic mass is 28.3. The second kappa shape index (κ2) is 16.7. The fourth-order valence-corrected chi connectivity index (χ4v) is 11.8. The van der Waals surface area contributed by atoms with Crippen molar-refractivity contribution in [2.24, 2.45) is 0 Å². The molecule has 0 saturated heterocycles. The van der Waals surface area contributed by atoms with E-state index >= 15 is 0 Å². The Hall–Kier alpha value is -7.75. The first-order valence-electron chi connectivity index (χ1n) is 22.6. The maximum absolute atomic E-state index is 10.2. The van der Waals surface area contributed by atoms with Crippen LogP contribution in [0.2, 0.25) is 39.3 Å². The van der Waals surface area contributed by atoms with Crippen molar-refractivity contribution in [1.82, 2.24) is 0 Å². The lowest BCUT2D eigenvalue weighted by Gasteiger charge is -2.31. The number of rotatable bonds is 10. The molecule has 0 heterocycles. The van der Waals surface area contributed by atoms with Crippen LogP contribution in [0.25, 0.3) is 59.4 Å². The molecule has 10 aromatic carbocycles. The molecule has 0 aliphatic rings. The van der Waals surface area contributed by atoms with Crippen LogP contribution in [0.1, 0.15) is 5.56 Å². The Morgan fingerprint density at radius 3 is 1.27 bits per heavy atom. The number of hydrogen-bond acceptors (Lipinski definition) is 3. The first-order valence-corrected chi connectivity index (χ1v) is 29.6. The molecule has 0 unspecified atom stereocenters. The van der Waals surface area contributed by atoms with E-state index in [1.807, 2.05) is 36.4 Å². The van der Waals surface area contributed by atoms with Crippen LogP contribution in [0.15, 0.2) is 194 Å². The summed E-state index contributed by atoms with van der Waals surface area (Å²) >= 11 is 0. The molecular weight excluding hydrogens is 833 g/mol. The molecule has 0 aliphatic heterocycles. The quantitative estimate of drug-likeness (QED) is 0.0780. The zero-order chi connectivity index (χ0) is 45.7. The van der Waals surface area contributed by atoms with Crippen molar-refractivity contribution >= 4 is 98.7 Å². The number of nitrogens with zero attached hydrogens (tertiary/aromatic N) is 4. The van der Waals surface area contributed by atoms with E-state index in [-0.39, 0.29) is 0 Å². The standard InChI is InChI=1S/C60H50N4Si2/c1-62-46-23-37-58(54(39-46)43-16-12-9-13-17-43)64(48-26-30-50(31-27-48)66(5,6)7)56-36-22-45-19-32-51-55(35-21-44-20-33-52(56)60(45)59(44)51)63(47-24-28-49(29-25-47)65(2,3)4)57-34-18-41(40-61)38-53(57)42-14-10-8-11-15-42/h8-39H,2-7H3. The van der Waals surface area contributed by atoms with Gasteiger partial charge in [-0.25, -0.2) is 4.85 Å². The van der Waals surface area contributed by atoms with Crippen molar-refractivity contribution in [2.45, 2.75) is 39.3 Å². The fourth-order valence-electron chi connectivity index (χ4n) is 9.48. The summed E-state index contributed by atoms with van der Waals surface area (Å²) in [5, 5.41) is 20.0. The number of nitriles is 1. The van der Waals surface area contributed by atoms with Crippen molar-refractivity contribution < 1.29 is 0 Å². The normalized spacial score (nSPS) is 11.8. The van der Waals surface area contributed by atoms with E-state index in [1.54, 1.807) is 0 Å². The van der Waals surface area contributed by atoms with Gasteiger partial charge in [-0.15, -0.1) is 0 Å². The third kappa shape index (κ3) is 7.61. The minimum atomic E-state index is -1.59. The molecule has 0 fully saturated rings. The number of anilines is 6. The summed E-state index contributed by atoms with van der Waals surface area (Å²) in [6.07, 6.45) is 0. The molecule has 0 spiro atoms. The lowest BCUT2D eigenvalue weighted by molar-refractivity contribution is 1.30. The summed E-state index contributed by atoms with van der Waals surface area (Å²) in [4.78, 5) is 8.66. The summed E-state index contributed by atoms with van der Waals surface area (Å²) in [6, 6.07) is 71.9. The van der Waals surface area contributed by atoms with Gasteiger partial charge in [-0.1, -0.05) is 177 Å². The molecule has 66 heavy (non-hydrogen) atoms. The lowest BCUT2D eigenvalue weighted by Crippen LogP contribution is -2.37. The van der Waals surface area contributed by atoms with Gasteiger partial charge in [0.2, 0.25) is 0 Å². The second-order valence-corrected chi connectivity index (χ2v) is 29.4. The Bertz CT molecular complexity index is 3270. The van der Waals surface area contributed by atoms with Crippen LogP contribution < -0.4 is 20.2 Å². The second-order valence-electron chi connectivity index (χ2n) is 19.2. The van der Waals surface area contributed by atoms with Crippen LogP contribution in [0, 0.1) is 17.9 Å². The first kappa shape index (κ1) is 42.2. The van der Waals surface area contributed by atoms with Crippen molar-refractivity contribution in [3.8, 4) is 28.3 Å². The molecule has 10 rings (SSSR count). The van der Waals surface area contributed by atoms with Gasteiger partial charge >= 0.3 is 0 Å². The first-order chi connectivity index (χ1) is 31.9. The van der Waals surface area contributed by atoms with E-state index in [1.165, 1.54) is 31.9 Å². The van der Waals surface area contributed by atoms with Crippen molar-refractivity contribution in [3.63, 3.8) is 0 Å². The van der Waals surface area contributed by atoms with E-state index in [4.69, 9.17) is 6.57 Å². The van der Waals surface area contributed by atoms with Gasteiger partial charge in [0.1, 0.15) is 0 Å². The monoisotopic (exact) mass is 882 g/mol. The maximum Gasteiger partial charge on any atom is 0.188 e. The molecule has 0 amide bonds. The number of benzene rings is 10. The topological polar surface area (TPSA) is 34.6 Å². The minimum Gasteiger partial charge on any atom is -0.309 e. The molecule has 10 aromatic rings. The average Bonchev–Trinajstić information content (AvgIpc) is 3.34. The van der Waals surface area contributed by atoms with Crippen LogP contribution in [-0.4, -0.2) is 16.1 Å². The Kier molecular flexibility index (Phi) is 10.7. The Morgan fingerprint density at radius 2 is 0.848 bits per heavy atom. The summed E-state index contributed by atoms with van der Waals surface area (Å²) in [7, 11) is -3.17. The molecule has 0 bridgehead atoms. The molecule has 318 valence electrons. The summed E-state index contributed by atoms with van der Waals surface area (Å²) in [6.45, 7) is 22.3. The largest absolute Gasteiger partial charge is 0.309 e. The highest BCUT2D eigenvalue weighted by molar-refractivity contribution is 6.89. The van der Waals surface area contributed by atoms with Crippen LogP contribution >= 0.6 is 0 Å². The maximum atomic E-state index is 10.2. The molecule has 4 nitrogen and oxygen atoms in total. The Labute approximate surface area is 390 Å². The Balaban J connectivity index is 1.25. The van der Waals surface area contributed by atoms with E-state index < -0.39 is 16.1 Å². The highest BCUT2D eigenvalue weighted by Gasteiger charge is 2.26. The Morgan fingerprint density at radius 1 is 0.439 bits per heavy atom. The summed E-state index contributed by atoms with van der Waals surface area (Å²) < 4.78 is 0. The number of hydrogen-bond donors (Lipinski definition) is 0. The molecular formula is C60H50N4Si2. The lowest BCUT2D eigenvalue weighted by atomic mass is 9.91. The predicted octanol–water partition coefficient (Wildman–Crippen LogP) is 16.4. The van der Waals surface area contributed by atoms with E-state index in [0.717, 1.165) is 67.2 Å². The van der Waals surface area contributed by atoms with Gasteiger partial charge in [0, 0.05) is 27.7 Å². The minimum absolute atomic E-state index is 0.604. The van der Waals surface area contributed by atoms with Gasteiger partial charge in [0.05, 0.1) is 57.1 Å². The van der Waals surface area contributed by atoms with Gasteiger partial charge in [0.15, 0.2) is 5.69 Å². The van der Waals surface area contributed by atoms with Crippen LogP contribution in [0.5, 0.6) is 0 Å². The average molecular weight is 883 g/mol. The molecule has 6 heteroatoms. The summed E-state index contributed by atoms with van der Waals surface area (Å²) in [5.74, 6) is 0. The van der Waals surface area contributed by atoms with Gasteiger partial charge in [-0.05, 0) is 105 Å².